The Bertz CT molecular complexity index is 957. The van der Waals surface area contributed by atoms with Gasteiger partial charge in [0.25, 0.3) is 5.91 Å². The first-order valence-corrected chi connectivity index (χ1v) is 10.7. The van der Waals surface area contributed by atoms with Crippen molar-refractivity contribution in [3.63, 3.8) is 0 Å². The van der Waals surface area contributed by atoms with Crippen molar-refractivity contribution in [3.05, 3.63) is 53.1 Å². The number of nitrogens with one attached hydrogen (secondary N) is 2. The minimum absolute atomic E-state index is 0.236. The Morgan fingerprint density at radius 3 is 2.32 bits per heavy atom. The van der Waals surface area contributed by atoms with Crippen LogP contribution in [0.2, 0.25) is 0 Å². The molecule has 0 radical (unpaired) electrons. The zero-order valence-electron chi connectivity index (χ0n) is 16.7. The van der Waals surface area contributed by atoms with Crippen LogP contribution in [0.4, 0.5) is 5.69 Å². The molecule has 0 aliphatic carbocycles. The molecule has 0 aromatic heterocycles. The van der Waals surface area contributed by atoms with Crippen LogP contribution in [0.15, 0.2) is 36.4 Å². The highest BCUT2D eigenvalue weighted by Crippen LogP contribution is 2.31. The third kappa shape index (κ3) is 5.39. The molecule has 0 fully saturated rings. The van der Waals surface area contributed by atoms with Crippen LogP contribution in [0.1, 0.15) is 40.9 Å². The molecule has 0 saturated carbocycles. The highest BCUT2D eigenvalue weighted by Gasteiger charge is 2.17. The van der Waals surface area contributed by atoms with E-state index in [9.17, 15) is 13.2 Å². The largest absolute Gasteiger partial charge is 0.493 e. The predicted molar refractivity (Wildman–Crippen MR) is 110 cm³/mol. The van der Waals surface area contributed by atoms with E-state index in [1.54, 1.807) is 39.3 Å². The van der Waals surface area contributed by atoms with E-state index in [-0.39, 0.29) is 11.9 Å². The van der Waals surface area contributed by atoms with Gasteiger partial charge >= 0.3 is 0 Å². The van der Waals surface area contributed by atoms with Crippen molar-refractivity contribution in [2.75, 3.05) is 25.2 Å². The smallest absolute Gasteiger partial charge is 0.251 e. The lowest BCUT2D eigenvalue weighted by Crippen LogP contribution is -2.28. The maximum Gasteiger partial charge on any atom is 0.251 e. The number of amides is 1. The van der Waals surface area contributed by atoms with Gasteiger partial charge in [0.2, 0.25) is 10.0 Å². The molecule has 2 aromatic carbocycles. The molecule has 0 aliphatic heterocycles. The number of benzene rings is 2. The zero-order chi connectivity index (χ0) is 20.9. The highest BCUT2D eigenvalue weighted by atomic mass is 32.2. The SMILES string of the molecule is CCC(NC(=O)c1ccc(C)c(NS(C)(=O)=O)c1)c1ccc(OC)c(OC)c1. The van der Waals surface area contributed by atoms with Crippen molar-refractivity contribution < 1.29 is 22.7 Å². The van der Waals surface area contributed by atoms with Crippen LogP contribution in [0.3, 0.4) is 0 Å². The fraction of sp³-hybridized carbons (Fsp3) is 0.350. The summed E-state index contributed by atoms with van der Waals surface area (Å²) in [4.78, 5) is 12.7. The summed E-state index contributed by atoms with van der Waals surface area (Å²) in [5.74, 6) is 0.906. The maximum atomic E-state index is 12.7. The normalized spacial score (nSPS) is 12.2. The van der Waals surface area contributed by atoms with E-state index in [0.717, 1.165) is 17.4 Å². The Hall–Kier alpha value is -2.74. The number of hydrogen-bond acceptors (Lipinski definition) is 5. The second-order valence-electron chi connectivity index (χ2n) is 6.45. The lowest BCUT2D eigenvalue weighted by atomic mass is 10.0. The fourth-order valence-corrected chi connectivity index (χ4v) is 3.42. The van der Waals surface area contributed by atoms with Gasteiger partial charge < -0.3 is 14.8 Å². The number of hydrogen-bond donors (Lipinski definition) is 2. The van der Waals surface area contributed by atoms with E-state index in [2.05, 4.69) is 10.0 Å². The molecule has 0 heterocycles. The molecule has 28 heavy (non-hydrogen) atoms. The predicted octanol–water partition coefficient (Wildman–Crippen LogP) is 3.26. The van der Waals surface area contributed by atoms with Crippen LogP contribution >= 0.6 is 0 Å². The van der Waals surface area contributed by atoms with Gasteiger partial charge in [0.15, 0.2) is 11.5 Å². The van der Waals surface area contributed by atoms with Crippen LogP contribution in [-0.4, -0.2) is 34.8 Å². The molecule has 1 atom stereocenters. The van der Waals surface area contributed by atoms with Crippen molar-refractivity contribution in [2.24, 2.45) is 0 Å². The summed E-state index contributed by atoms with van der Waals surface area (Å²) in [7, 11) is -0.310. The van der Waals surface area contributed by atoms with Gasteiger partial charge in [-0.1, -0.05) is 19.1 Å². The van der Waals surface area contributed by atoms with Crippen molar-refractivity contribution in [1.82, 2.24) is 5.32 Å². The molecule has 0 saturated heterocycles. The summed E-state index contributed by atoms with van der Waals surface area (Å²) >= 11 is 0. The van der Waals surface area contributed by atoms with E-state index in [0.29, 0.717) is 29.2 Å². The Balaban J connectivity index is 2.26. The summed E-state index contributed by atoms with van der Waals surface area (Å²) < 4.78 is 36.1. The Labute approximate surface area is 166 Å². The topological polar surface area (TPSA) is 93.7 Å². The second-order valence-corrected chi connectivity index (χ2v) is 8.20. The van der Waals surface area contributed by atoms with Gasteiger partial charge in [-0.2, -0.15) is 0 Å². The van der Waals surface area contributed by atoms with Gasteiger partial charge in [-0.3, -0.25) is 9.52 Å². The van der Waals surface area contributed by atoms with E-state index >= 15 is 0 Å². The average molecular weight is 407 g/mol. The van der Waals surface area contributed by atoms with Gasteiger partial charge in [0.05, 0.1) is 32.2 Å². The van der Waals surface area contributed by atoms with Crippen molar-refractivity contribution in [1.29, 1.82) is 0 Å². The number of anilines is 1. The molecule has 152 valence electrons. The standard InChI is InChI=1S/C20H26N2O5S/c1-6-16(14-9-10-18(26-3)19(12-14)27-4)21-20(23)15-8-7-13(2)17(11-15)22-28(5,24)25/h7-12,16,22H,6H2,1-5H3,(H,21,23). The van der Waals surface area contributed by atoms with Gasteiger partial charge in [0, 0.05) is 5.56 Å². The first kappa shape index (κ1) is 21.6. The molecule has 7 nitrogen and oxygen atoms in total. The Kier molecular flexibility index (Phi) is 6.90. The van der Waals surface area contributed by atoms with E-state index in [4.69, 9.17) is 9.47 Å². The lowest BCUT2D eigenvalue weighted by molar-refractivity contribution is 0.0935. The monoisotopic (exact) mass is 406 g/mol. The molecule has 2 rings (SSSR count). The molecule has 2 N–H and O–H groups in total. The van der Waals surface area contributed by atoms with Gasteiger partial charge in [-0.05, 0) is 48.7 Å². The van der Waals surface area contributed by atoms with E-state index in [1.807, 2.05) is 19.1 Å². The van der Waals surface area contributed by atoms with Crippen molar-refractivity contribution >= 4 is 21.6 Å². The molecule has 0 bridgehead atoms. The molecule has 8 heteroatoms. The Morgan fingerprint density at radius 2 is 1.75 bits per heavy atom. The molecule has 1 amide bonds. The van der Waals surface area contributed by atoms with Crippen LogP contribution in [0, 0.1) is 6.92 Å². The molecule has 2 aromatic rings. The highest BCUT2D eigenvalue weighted by molar-refractivity contribution is 7.92. The fourth-order valence-electron chi connectivity index (χ4n) is 2.81. The average Bonchev–Trinajstić information content (AvgIpc) is 2.65. The zero-order valence-corrected chi connectivity index (χ0v) is 17.5. The van der Waals surface area contributed by atoms with Gasteiger partial charge in [-0.15, -0.1) is 0 Å². The summed E-state index contributed by atoms with van der Waals surface area (Å²) in [6.45, 7) is 3.74. The minimum Gasteiger partial charge on any atom is -0.493 e. The molecule has 0 aliphatic rings. The lowest BCUT2D eigenvalue weighted by Gasteiger charge is -2.19. The molecular formula is C20H26N2O5S. The summed E-state index contributed by atoms with van der Waals surface area (Å²) in [5, 5.41) is 2.99. The number of carbonyl (C=O) groups excluding carboxylic acids is 1. The van der Waals surface area contributed by atoms with E-state index in [1.165, 1.54) is 6.07 Å². The second kappa shape index (κ2) is 8.97. The van der Waals surface area contributed by atoms with Crippen LogP contribution in [0.5, 0.6) is 11.5 Å². The molecule has 0 spiro atoms. The third-order valence-corrected chi connectivity index (χ3v) is 4.91. The van der Waals surface area contributed by atoms with Gasteiger partial charge in [0.1, 0.15) is 0 Å². The first-order chi connectivity index (χ1) is 13.2. The van der Waals surface area contributed by atoms with Gasteiger partial charge in [-0.25, -0.2) is 8.42 Å². The number of methoxy groups -OCH3 is 2. The van der Waals surface area contributed by atoms with E-state index < -0.39 is 10.0 Å². The number of sulfonamides is 1. The summed E-state index contributed by atoms with van der Waals surface area (Å²) in [6, 6.07) is 10.2. The first-order valence-electron chi connectivity index (χ1n) is 8.79. The minimum atomic E-state index is -3.43. The van der Waals surface area contributed by atoms with Crippen molar-refractivity contribution in [3.8, 4) is 11.5 Å². The maximum absolute atomic E-state index is 12.7. The number of aryl methyl sites for hydroxylation is 1. The van der Waals surface area contributed by atoms with Crippen LogP contribution < -0.4 is 19.5 Å². The number of rotatable bonds is 8. The van der Waals surface area contributed by atoms with Crippen molar-refractivity contribution in [2.45, 2.75) is 26.3 Å². The van der Waals surface area contributed by atoms with Crippen LogP contribution in [-0.2, 0) is 10.0 Å². The summed E-state index contributed by atoms with van der Waals surface area (Å²) in [6.07, 6.45) is 1.74. The molecular weight excluding hydrogens is 380 g/mol. The summed E-state index contributed by atoms with van der Waals surface area (Å²) in [5.41, 5.74) is 2.37. The van der Waals surface area contributed by atoms with Crippen LogP contribution in [0.25, 0.3) is 0 Å². The molecule has 1 unspecified atom stereocenters. The Morgan fingerprint density at radius 1 is 1.07 bits per heavy atom. The number of carbonyl (C=O) groups is 1. The third-order valence-electron chi connectivity index (χ3n) is 4.32. The number of ether oxygens (including phenoxy) is 2. The quantitative estimate of drug-likeness (QED) is 0.702.